The number of aliphatic carboxylic acids is 1. The Labute approximate surface area is 118 Å². The van der Waals surface area contributed by atoms with Crippen LogP contribution in [0.5, 0.6) is 0 Å². The number of hydrogen-bond acceptors (Lipinski definition) is 3. The number of carbonyl (C=O) groups is 1. The number of halogens is 1. The van der Waals surface area contributed by atoms with Gasteiger partial charge in [0.25, 0.3) is 0 Å². The molecular weight excluding hydrogens is 288 g/mol. The molecule has 1 aromatic carbocycles. The minimum absolute atomic E-state index is 0.0639. The molecule has 0 spiro atoms. The fourth-order valence-electron chi connectivity index (χ4n) is 1.70. The Kier molecular flexibility index (Phi) is 6.31. The van der Waals surface area contributed by atoms with E-state index in [0.717, 1.165) is 0 Å². The van der Waals surface area contributed by atoms with Gasteiger partial charge in [-0.25, -0.2) is 8.42 Å². The minimum Gasteiger partial charge on any atom is -0.481 e. The summed E-state index contributed by atoms with van der Waals surface area (Å²) >= 11 is 5.92. The summed E-state index contributed by atoms with van der Waals surface area (Å²) in [6, 6.07) is 6.87. The molecule has 0 aromatic heterocycles. The summed E-state index contributed by atoms with van der Waals surface area (Å²) in [5.74, 6) is -0.845. The quantitative estimate of drug-likeness (QED) is 0.750. The second-order valence-electron chi connectivity index (χ2n) is 4.39. The van der Waals surface area contributed by atoms with Crippen LogP contribution in [0.15, 0.2) is 24.3 Å². The third kappa shape index (κ3) is 6.59. The highest BCUT2D eigenvalue weighted by molar-refractivity contribution is 7.90. The van der Waals surface area contributed by atoms with E-state index in [2.05, 4.69) is 0 Å². The number of sulfone groups is 1. The number of unbranched alkanes of at least 4 members (excludes halogenated alkanes) is 2. The molecule has 0 heterocycles. The summed E-state index contributed by atoms with van der Waals surface area (Å²) in [6.07, 6.45) is 1.69. The van der Waals surface area contributed by atoms with Crippen LogP contribution in [-0.4, -0.2) is 25.2 Å². The van der Waals surface area contributed by atoms with Crippen LogP contribution in [-0.2, 0) is 20.4 Å². The molecule has 0 aliphatic carbocycles. The van der Waals surface area contributed by atoms with Crippen LogP contribution in [0.2, 0.25) is 5.02 Å². The highest BCUT2D eigenvalue weighted by Crippen LogP contribution is 2.18. The Morgan fingerprint density at radius 1 is 1.16 bits per heavy atom. The van der Waals surface area contributed by atoms with Gasteiger partial charge in [0.2, 0.25) is 0 Å². The number of rotatable bonds is 8. The lowest BCUT2D eigenvalue weighted by atomic mass is 10.2. The highest BCUT2D eigenvalue weighted by Gasteiger charge is 2.13. The van der Waals surface area contributed by atoms with E-state index < -0.39 is 15.8 Å². The normalized spacial score (nSPS) is 11.4. The first-order valence-corrected chi connectivity index (χ1v) is 8.26. The first-order chi connectivity index (χ1) is 8.91. The molecule has 19 heavy (non-hydrogen) atoms. The van der Waals surface area contributed by atoms with Gasteiger partial charge < -0.3 is 5.11 Å². The summed E-state index contributed by atoms with van der Waals surface area (Å²) in [6.45, 7) is 0. The Morgan fingerprint density at radius 3 is 2.47 bits per heavy atom. The molecule has 6 heteroatoms. The van der Waals surface area contributed by atoms with Gasteiger partial charge >= 0.3 is 5.97 Å². The Balaban J connectivity index is 2.40. The second-order valence-corrected chi connectivity index (χ2v) is 6.98. The summed E-state index contributed by atoms with van der Waals surface area (Å²) in [4.78, 5) is 10.3. The van der Waals surface area contributed by atoms with Crippen LogP contribution in [0, 0.1) is 0 Å². The summed E-state index contributed by atoms with van der Waals surface area (Å²) < 4.78 is 23.7. The molecule has 1 N–H and O–H groups in total. The van der Waals surface area contributed by atoms with Gasteiger partial charge in [0.05, 0.1) is 11.5 Å². The molecular formula is C13H17ClO4S. The van der Waals surface area contributed by atoms with E-state index in [1.54, 1.807) is 24.3 Å². The zero-order valence-electron chi connectivity index (χ0n) is 10.5. The molecule has 0 radical (unpaired) electrons. The predicted molar refractivity (Wildman–Crippen MR) is 75.0 cm³/mol. The van der Waals surface area contributed by atoms with Gasteiger partial charge in [0.1, 0.15) is 0 Å². The smallest absolute Gasteiger partial charge is 0.303 e. The molecule has 0 saturated carbocycles. The van der Waals surface area contributed by atoms with Gasteiger partial charge in [0.15, 0.2) is 9.84 Å². The van der Waals surface area contributed by atoms with Crippen molar-refractivity contribution in [2.75, 3.05) is 5.75 Å². The Hall–Kier alpha value is -1.07. The molecule has 0 saturated heterocycles. The summed E-state index contributed by atoms with van der Waals surface area (Å²) in [5.41, 5.74) is 0.606. The van der Waals surface area contributed by atoms with Crippen LogP contribution in [0.1, 0.15) is 31.2 Å². The number of hydrogen-bond donors (Lipinski definition) is 1. The van der Waals surface area contributed by atoms with Crippen molar-refractivity contribution >= 4 is 27.4 Å². The molecule has 4 nitrogen and oxygen atoms in total. The van der Waals surface area contributed by atoms with Crippen molar-refractivity contribution < 1.29 is 18.3 Å². The average Bonchev–Trinajstić information content (AvgIpc) is 2.31. The van der Waals surface area contributed by atoms with Crippen LogP contribution in [0.25, 0.3) is 0 Å². The fraction of sp³-hybridized carbons (Fsp3) is 0.462. The van der Waals surface area contributed by atoms with E-state index in [9.17, 15) is 13.2 Å². The van der Waals surface area contributed by atoms with E-state index in [1.807, 2.05) is 0 Å². The lowest BCUT2D eigenvalue weighted by Gasteiger charge is -2.06. The van der Waals surface area contributed by atoms with Crippen LogP contribution < -0.4 is 0 Å². The van der Waals surface area contributed by atoms with Crippen molar-refractivity contribution in [3.05, 3.63) is 34.9 Å². The lowest BCUT2D eigenvalue weighted by molar-refractivity contribution is -0.137. The first kappa shape index (κ1) is 16.0. The van der Waals surface area contributed by atoms with Crippen molar-refractivity contribution in [1.82, 2.24) is 0 Å². The monoisotopic (exact) mass is 304 g/mol. The van der Waals surface area contributed by atoms with Gasteiger partial charge in [-0.2, -0.15) is 0 Å². The van der Waals surface area contributed by atoms with Crippen molar-refractivity contribution in [2.24, 2.45) is 0 Å². The molecule has 106 valence electrons. The zero-order chi connectivity index (χ0) is 14.3. The van der Waals surface area contributed by atoms with E-state index >= 15 is 0 Å². The molecule has 0 aliphatic heterocycles. The average molecular weight is 305 g/mol. The van der Waals surface area contributed by atoms with Crippen molar-refractivity contribution in [1.29, 1.82) is 0 Å². The Bertz CT molecular complexity index is 525. The van der Waals surface area contributed by atoms with Gasteiger partial charge in [-0.15, -0.1) is 0 Å². The topological polar surface area (TPSA) is 71.4 Å². The van der Waals surface area contributed by atoms with Gasteiger partial charge in [0, 0.05) is 11.4 Å². The third-order valence-corrected chi connectivity index (χ3v) is 4.71. The summed E-state index contributed by atoms with van der Waals surface area (Å²) in [5, 5.41) is 8.92. The molecule has 1 rings (SSSR count). The predicted octanol–water partition coefficient (Wildman–Crippen LogP) is 2.90. The van der Waals surface area contributed by atoms with E-state index in [4.69, 9.17) is 16.7 Å². The number of carboxylic acids is 1. The van der Waals surface area contributed by atoms with E-state index in [-0.39, 0.29) is 17.9 Å². The van der Waals surface area contributed by atoms with E-state index in [0.29, 0.717) is 29.8 Å². The molecule has 0 unspecified atom stereocenters. The molecule has 0 fully saturated rings. The molecule has 0 amide bonds. The Morgan fingerprint density at radius 2 is 1.84 bits per heavy atom. The largest absolute Gasteiger partial charge is 0.481 e. The van der Waals surface area contributed by atoms with Crippen molar-refractivity contribution in [3.63, 3.8) is 0 Å². The maximum atomic E-state index is 11.9. The summed E-state index contributed by atoms with van der Waals surface area (Å²) in [7, 11) is -3.19. The maximum absolute atomic E-state index is 11.9. The zero-order valence-corrected chi connectivity index (χ0v) is 12.1. The number of benzene rings is 1. The van der Waals surface area contributed by atoms with Gasteiger partial charge in [-0.1, -0.05) is 36.2 Å². The second kappa shape index (κ2) is 7.50. The fourth-order valence-corrected chi connectivity index (χ4v) is 3.50. The minimum atomic E-state index is -3.19. The van der Waals surface area contributed by atoms with Gasteiger partial charge in [-0.05, 0) is 24.5 Å². The standard InChI is InChI=1S/C13H17ClO4S/c14-12-7-4-3-6-11(12)10-19(17,18)9-5-1-2-8-13(15)16/h3-4,6-7H,1-2,5,8-10H2,(H,15,16). The molecule has 0 bridgehead atoms. The van der Waals surface area contributed by atoms with Crippen molar-refractivity contribution in [3.8, 4) is 0 Å². The molecule has 0 atom stereocenters. The van der Waals surface area contributed by atoms with E-state index in [1.165, 1.54) is 0 Å². The van der Waals surface area contributed by atoms with Crippen molar-refractivity contribution in [2.45, 2.75) is 31.4 Å². The lowest BCUT2D eigenvalue weighted by Crippen LogP contribution is -2.10. The SMILES string of the molecule is O=C(O)CCCCCS(=O)(=O)Cc1ccccc1Cl. The first-order valence-electron chi connectivity index (χ1n) is 6.06. The van der Waals surface area contributed by atoms with Crippen LogP contribution in [0.3, 0.4) is 0 Å². The molecule has 0 aliphatic rings. The highest BCUT2D eigenvalue weighted by atomic mass is 35.5. The van der Waals surface area contributed by atoms with Gasteiger partial charge in [-0.3, -0.25) is 4.79 Å². The van der Waals surface area contributed by atoms with Crippen LogP contribution in [0.4, 0.5) is 0 Å². The molecule has 1 aromatic rings. The number of carboxylic acid groups (broad SMARTS) is 1. The van der Waals surface area contributed by atoms with Crippen LogP contribution >= 0.6 is 11.6 Å². The maximum Gasteiger partial charge on any atom is 0.303 e. The third-order valence-electron chi connectivity index (χ3n) is 2.68.